The molecule has 0 radical (unpaired) electrons. The largest absolute Gasteiger partial charge is 0.361 e. The third-order valence-electron chi connectivity index (χ3n) is 6.13. The lowest BCUT2D eigenvalue weighted by molar-refractivity contribution is 0.215. The van der Waals surface area contributed by atoms with Gasteiger partial charge in [0.15, 0.2) is 0 Å². The Hall–Kier alpha value is -1.83. The van der Waals surface area contributed by atoms with E-state index in [1.54, 1.807) is 0 Å². The van der Waals surface area contributed by atoms with E-state index in [-0.39, 0.29) is 0 Å². The Kier molecular flexibility index (Phi) is 5.85. The van der Waals surface area contributed by atoms with Crippen LogP contribution in [0.15, 0.2) is 61.1 Å². The van der Waals surface area contributed by atoms with E-state index in [2.05, 4.69) is 86.4 Å². The number of halogens is 2. The third-order valence-corrected chi connectivity index (χ3v) is 7.03. The summed E-state index contributed by atoms with van der Waals surface area (Å²) in [5, 5.41) is 6.65. The topological polar surface area (TPSA) is 36.9 Å². The maximum absolute atomic E-state index is 6.23. The SMILES string of the molecule is Clc1ccc2[nH]cc(C3CCN(CCc4cnn(-c5cccc(I)c5)c4)CC3)c2c1. The molecule has 1 saturated heterocycles. The number of benzene rings is 2. The number of likely N-dealkylation sites (tertiary alicyclic amines) is 1. The van der Waals surface area contributed by atoms with Crippen molar-refractivity contribution in [1.82, 2.24) is 19.7 Å². The molecule has 3 heterocycles. The second kappa shape index (κ2) is 8.73. The predicted octanol–water partition coefficient (Wildman–Crippen LogP) is 6.03. The zero-order chi connectivity index (χ0) is 20.5. The van der Waals surface area contributed by atoms with Gasteiger partial charge in [-0.3, -0.25) is 0 Å². The maximum atomic E-state index is 6.23. The average Bonchev–Trinajstić information content (AvgIpc) is 3.40. The number of aromatic amines is 1. The zero-order valence-corrected chi connectivity index (χ0v) is 19.6. The van der Waals surface area contributed by atoms with Crippen molar-refractivity contribution in [1.29, 1.82) is 0 Å². The van der Waals surface area contributed by atoms with Crippen molar-refractivity contribution in [3.05, 3.63) is 80.8 Å². The average molecular weight is 531 g/mol. The molecule has 0 spiro atoms. The highest BCUT2D eigenvalue weighted by atomic mass is 127. The molecule has 0 atom stereocenters. The summed E-state index contributed by atoms with van der Waals surface area (Å²) in [6.45, 7) is 3.37. The lowest BCUT2D eigenvalue weighted by atomic mass is 9.89. The van der Waals surface area contributed by atoms with E-state index in [0.717, 1.165) is 36.8 Å². The van der Waals surface area contributed by atoms with Crippen LogP contribution in [0.5, 0.6) is 0 Å². The highest BCUT2D eigenvalue weighted by molar-refractivity contribution is 14.1. The van der Waals surface area contributed by atoms with Crippen LogP contribution < -0.4 is 0 Å². The van der Waals surface area contributed by atoms with Gasteiger partial charge in [0.1, 0.15) is 0 Å². The summed E-state index contributed by atoms with van der Waals surface area (Å²) in [6.07, 6.45) is 9.77. The second-order valence-corrected chi connectivity index (χ2v) is 9.75. The predicted molar refractivity (Wildman–Crippen MR) is 132 cm³/mol. The van der Waals surface area contributed by atoms with Gasteiger partial charge in [-0.1, -0.05) is 17.7 Å². The molecule has 1 N–H and O–H groups in total. The van der Waals surface area contributed by atoms with Crippen molar-refractivity contribution >= 4 is 45.1 Å². The van der Waals surface area contributed by atoms with Crippen molar-refractivity contribution in [2.24, 2.45) is 0 Å². The van der Waals surface area contributed by atoms with Gasteiger partial charge in [-0.2, -0.15) is 5.10 Å². The zero-order valence-electron chi connectivity index (χ0n) is 16.7. The molecule has 5 rings (SSSR count). The van der Waals surface area contributed by atoms with Gasteiger partial charge < -0.3 is 9.88 Å². The number of rotatable bonds is 5. The monoisotopic (exact) mass is 530 g/mol. The molecule has 1 aliphatic rings. The first-order valence-corrected chi connectivity index (χ1v) is 11.9. The smallest absolute Gasteiger partial charge is 0.0656 e. The molecule has 6 heteroatoms. The summed E-state index contributed by atoms with van der Waals surface area (Å²) < 4.78 is 3.20. The lowest BCUT2D eigenvalue weighted by Gasteiger charge is -2.31. The molecule has 0 unspecified atom stereocenters. The van der Waals surface area contributed by atoms with Crippen LogP contribution >= 0.6 is 34.2 Å². The summed E-state index contributed by atoms with van der Waals surface area (Å²) >= 11 is 8.57. The Balaban J connectivity index is 1.17. The van der Waals surface area contributed by atoms with E-state index in [1.807, 2.05) is 16.9 Å². The third kappa shape index (κ3) is 4.29. The van der Waals surface area contributed by atoms with Gasteiger partial charge in [0.05, 0.1) is 11.9 Å². The lowest BCUT2D eigenvalue weighted by Crippen LogP contribution is -2.34. The molecule has 154 valence electrons. The van der Waals surface area contributed by atoms with Crippen LogP contribution in [0.4, 0.5) is 0 Å². The quantitative estimate of drug-likeness (QED) is 0.320. The highest BCUT2D eigenvalue weighted by Gasteiger charge is 2.22. The molecular formula is C24H24ClIN4. The number of hydrogen-bond acceptors (Lipinski definition) is 2. The molecule has 0 amide bonds. The molecule has 30 heavy (non-hydrogen) atoms. The number of hydrogen-bond donors (Lipinski definition) is 1. The Morgan fingerprint density at radius 3 is 2.83 bits per heavy atom. The van der Waals surface area contributed by atoms with Crippen LogP contribution in [0.1, 0.15) is 29.9 Å². The molecule has 0 saturated carbocycles. The van der Waals surface area contributed by atoms with E-state index >= 15 is 0 Å². The van der Waals surface area contributed by atoms with Gasteiger partial charge in [0.2, 0.25) is 0 Å². The number of piperidine rings is 1. The molecule has 4 nitrogen and oxygen atoms in total. The summed E-state index contributed by atoms with van der Waals surface area (Å²) in [7, 11) is 0. The Bertz CT molecular complexity index is 1160. The molecule has 1 aliphatic heterocycles. The Morgan fingerprint density at radius 2 is 2.00 bits per heavy atom. The molecule has 0 aliphatic carbocycles. The molecule has 4 aromatic rings. The van der Waals surface area contributed by atoms with E-state index in [1.165, 1.54) is 38.4 Å². The Morgan fingerprint density at radius 1 is 1.13 bits per heavy atom. The van der Waals surface area contributed by atoms with Crippen LogP contribution in [0.25, 0.3) is 16.6 Å². The van der Waals surface area contributed by atoms with Crippen LogP contribution in [-0.4, -0.2) is 39.3 Å². The summed E-state index contributed by atoms with van der Waals surface area (Å²) in [5.74, 6) is 0.608. The molecular weight excluding hydrogens is 507 g/mol. The van der Waals surface area contributed by atoms with Crippen molar-refractivity contribution < 1.29 is 0 Å². The summed E-state index contributed by atoms with van der Waals surface area (Å²) in [4.78, 5) is 5.99. The van der Waals surface area contributed by atoms with Crippen molar-refractivity contribution in [3.8, 4) is 5.69 Å². The van der Waals surface area contributed by atoms with Gasteiger partial charge in [-0.05, 0) is 108 Å². The Labute approximate surface area is 195 Å². The second-order valence-electron chi connectivity index (χ2n) is 8.07. The normalized spacial score (nSPS) is 15.8. The number of nitrogens with zero attached hydrogens (tertiary/aromatic N) is 3. The van der Waals surface area contributed by atoms with Crippen molar-refractivity contribution in [2.45, 2.75) is 25.2 Å². The standard InChI is InChI=1S/C24H24ClIN4/c25-19-4-5-24-22(12-19)23(15-27-24)18-7-10-29(11-8-18)9-6-17-14-28-30(16-17)21-3-1-2-20(26)13-21/h1-5,12-16,18,27H,6-11H2. The fourth-order valence-electron chi connectivity index (χ4n) is 4.46. The minimum Gasteiger partial charge on any atom is -0.361 e. The first kappa shape index (κ1) is 20.1. The highest BCUT2D eigenvalue weighted by Crippen LogP contribution is 2.34. The van der Waals surface area contributed by atoms with Crippen LogP contribution in [0.3, 0.4) is 0 Å². The maximum Gasteiger partial charge on any atom is 0.0656 e. The first-order chi connectivity index (χ1) is 14.7. The van der Waals surface area contributed by atoms with Gasteiger partial charge in [-0.15, -0.1) is 0 Å². The number of aromatic nitrogens is 3. The fourth-order valence-corrected chi connectivity index (χ4v) is 5.15. The molecule has 2 aromatic carbocycles. The van der Waals surface area contributed by atoms with Gasteiger partial charge >= 0.3 is 0 Å². The number of nitrogens with one attached hydrogen (secondary N) is 1. The van der Waals surface area contributed by atoms with E-state index in [0.29, 0.717) is 5.92 Å². The summed E-state index contributed by atoms with van der Waals surface area (Å²) in [6, 6.07) is 14.6. The molecule has 1 fully saturated rings. The molecule has 2 aromatic heterocycles. The van der Waals surface area contributed by atoms with Crippen LogP contribution in [0.2, 0.25) is 5.02 Å². The van der Waals surface area contributed by atoms with Gasteiger partial charge in [-0.25, -0.2) is 4.68 Å². The molecule has 0 bridgehead atoms. The van der Waals surface area contributed by atoms with Crippen LogP contribution in [0, 0.1) is 3.57 Å². The number of H-pyrrole nitrogens is 1. The van der Waals surface area contributed by atoms with Crippen LogP contribution in [-0.2, 0) is 6.42 Å². The van der Waals surface area contributed by atoms with Gasteiger partial charge in [0, 0.05) is 38.4 Å². The van der Waals surface area contributed by atoms with E-state index < -0.39 is 0 Å². The number of fused-ring (bicyclic) bond motifs is 1. The minimum absolute atomic E-state index is 0.608. The van der Waals surface area contributed by atoms with Crippen molar-refractivity contribution in [2.75, 3.05) is 19.6 Å². The van der Waals surface area contributed by atoms with Gasteiger partial charge in [0.25, 0.3) is 0 Å². The van der Waals surface area contributed by atoms with Crippen molar-refractivity contribution in [3.63, 3.8) is 0 Å². The minimum atomic E-state index is 0.608. The van der Waals surface area contributed by atoms with E-state index in [9.17, 15) is 0 Å². The summed E-state index contributed by atoms with van der Waals surface area (Å²) in [5.41, 5.74) is 5.02. The first-order valence-electron chi connectivity index (χ1n) is 10.4. The fraction of sp³-hybridized carbons (Fsp3) is 0.292. The van der Waals surface area contributed by atoms with E-state index in [4.69, 9.17) is 11.6 Å².